The Bertz CT molecular complexity index is 676. The van der Waals surface area contributed by atoms with Gasteiger partial charge in [-0.2, -0.15) is 0 Å². The Kier molecular flexibility index (Phi) is 4.90. The van der Waals surface area contributed by atoms with Gasteiger partial charge in [-0.05, 0) is 23.3 Å². The first-order chi connectivity index (χ1) is 10.1. The number of rotatable bonds is 4. The number of ether oxygens (including phenoxy) is 2. The number of benzene rings is 1. The van der Waals surface area contributed by atoms with Crippen molar-refractivity contribution >= 4 is 21.9 Å². The molecule has 0 bridgehead atoms. The van der Waals surface area contributed by atoms with Gasteiger partial charge in [0.2, 0.25) is 5.88 Å². The molecule has 0 saturated heterocycles. The van der Waals surface area contributed by atoms with E-state index in [1.165, 1.54) is 20.3 Å². The Morgan fingerprint density at radius 3 is 2.71 bits per heavy atom. The average Bonchev–Trinajstić information content (AvgIpc) is 2.54. The van der Waals surface area contributed by atoms with E-state index in [1.54, 1.807) is 18.2 Å². The molecule has 4 nitrogen and oxygen atoms in total. The second kappa shape index (κ2) is 6.67. The van der Waals surface area contributed by atoms with Crippen LogP contribution < -0.4 is 4.74 Å². The molecule has 2 rings (SSSR count). The number of halogens is 2. The molecule has 0 aliphatic heterocycles. The molecule has 0 aliphatic carbocycles. The first-order valence-corrected chi connectivity index (χ1v) is 7.20. The van der Waals surface area contributed by atoms with Crippen LogP contribution in [0, 0.1) is 5.82 Å². The van der Waals surface area contributed by atoms with E-state index in [0.717, 1.165) is 11.8 Å². The number of hydrogen-bond acceptors (Lipinski definition) is 4. The summed E-state index contributed by atoms with van der Waals surface area (Å²) in [4.78, 5) is 15.5. The molecule has 1 aromatic heterocycles. The SMILES string of the molecule is COC(=O)c1ccc(-c2cc(OC)ncc2F)cc1CBr. The van der Waals surface area contributed by atoms with Gasteiger partial charge in [-0.3, -0.25) is 0 Å². The maximum absolute atomic E-state index is 13.9. The topological polar surface area (TPSA) is 48.4 Å². The fourth-order valence-corrected chi connectivity index (χ4v) is 2.40. The third kappa shape index (κ3) is 3.21. The number of carbonyl (C=O) groups excluding carboxylic acids is 1. The quantitative estimate of drug-likeness (QED) is 0.622. The molecule has 0 N–H and O–H groups in total. The van der Waals surface area contributed by atoms with Crippen molar-refractivity contribution in [1.82, 2.24) is 4.98 Å². The van der Waals surface area contributed by atoms with E-state index >= 15 is 0 Å². The maximum atomic E-state index is 13.9. The summed E-state index contributed by atoms with van der Waals surface area (Å²) in [6.07, 6.45) is 1.11. The van der Waals surface area contributed by atoms with Gasteiger partial charge in [0.25, 0.3) is 0 Å². The Labute approximate surface area is 130 Å². The molecule has 0 unspecified atom stereocenters. The van der Waals surface area contributed by atoms with Gasteiger partial charge in [0.05, 0.1) is 26.0 Å². The minimum atomic E-state index is -0.456. The highest BCUT2D eigenvalue weighted by molar-refractivity contribution is 9.08. The largest absolute Gasteiger partial charge is 0.481 e. The van der Waals surface area contributed by atoms with Crippen LogP contribution in [0.25, 0.3) is 11.1 Å². The Morgan fingerprint density at radius 2 is 2.10 bits per heavy atom. The third-order valence-electron chi connectivity index (χ3n) is 3.00. The van der Waals surface area contributed by atoms with Crippen molar-refractivity contribution in [3.63, 3.8) is 0 Å². The Morgan fingerprint density at radius 1 is 1.33 bits per heavy atom. The second-order valence-corrected chi connectivity index (χ2v) is 4.76. The first-order valence-electron chi connectivity index (χ1n) is 6.07. The van der Waals surface area contributed by atoms with Crippen LogP contribution in [0.4, 0.5) is 4.39 Å². The predicted octanol–water partition coefficient (Wildman–Crippen LogP) is 3.58. The fourth-order valence-electron chi connectivity index (χ4n) is 1.93. The molecular formula is C15H13BrFNO3. The lowest BCUT2D eigenvalue weighted by molar-refractivity contribution is 0.0600. The predicted molar refractivity (Wildman–Crippen MR) is 80.2 cm³/mol. The van der Waals surface area contributed by atoms with Crippen LogP contribution in [0.5, 0.6) is 5.88 Å². The number of aromatic nitrogens is 1. The number of alkyl halides is 1. The number of hydrogen-bond donors (Lipinski definition) is 0. The number of esters is 1. The summed E-state index contributed by atoms with van der Waals surface area (Å²) in [6.45, 7) is 0. The molecule has 2 aromatic rings. The van der Waals surface area contributed by atoms with Gasteiger partial charge in [-0.1, -0.05) is 22.0 Å². The molecule has 0 atom stereocenters. The zero-order valence-corrected chi connectivity index (χ0v) is 13.1. The van der Waals surface area contributed by atoms with Crippen molar-refractivity contribution in [1.29, 1.82) is 0 Å². The maximum Gasteiger partial charge on any atom is 0.338 e. The molecule has 0 saturated carbocycles. The van der Waals surface area contributed by atoms with Crippen LogP contribution in [-0.2, 0) is 10.1 Å². The number of pyridine rings is 1. The van der Waals surface area contributed by atoms with E-state index in [2.05, 4.69) is 20.9 Å². The molecule has 110 valence electrons. The summed E-state index contributed by atoms with van der Waals surface area (Å²) in [5.74, 6) is -0.560. The first kappa shape index (κ1) is 15.4. The van der Waals surface area contributed by atoms with Gasteiger partial charge in [0, 0.05) is 17.0 Å². The lowest BCUT2D eigenvalue weighted by Crippen LogP contribution is -2.05. The van der Waals surface area contributed by atoms with Crippen molar-refractivity contribution in [2.75, 3.05) is 14.2 Å². The van der Waals surface area contributed by atoms with Crippen LogP contribution in [0.15, 0.2) is 30.5 Å². The third-order valence-corrected chi connectivity index (χ3v) is 3.61. The van der Waals surface area contributed by atoms with E-state index in [-0.39, 0.29) is 0 Å². The monoisotopic (exact) mass is 353 g/mol. The normalized spacial score (nSPS) is 10.3. The smallest absolute Gasteiger partial charge is 0.338 e. The zero-order chi connectivity index (χ0) is 15.4. The molecule has 0 spiro atoms. The van der Waals surface area contributed by atoms with Gasteiger partial charge >= 0.3 is 5.97 Å². The summed E-state index contributed by atoms with van der Waals surface area (Å²) in [7, 11) is 2.79. The number of carbonyl (C=O) groups is 1. The van der Waals surface area contributed by atoms with Gasteiger partial charge in [0.15, 0.2) is 0 Å². The van der Waals surface area contributed by atoms with Crippen molar-refractivity contribution in [3.8, 4) is 17.0 Å². The molecule has 0 amide bonds. The summed E-state index contributed by atoms with van der Waals surface area (Å²) < 4.78 is 23.7. The highest BCUT2D eigenvalue weighted by Gasteiger charge is 2.14. The molecular weight excluding hydrogens is 341 g/mol. The summed E-state index contributed by atoms with van der Waals surface area (Å²) >= 11 is 3.32. The molecule has 1 heterocycles. The van der Waals surface area contributed by atoms with Crippen molar-refractivity contribution in [2.45, 2.75) is 5.33 Å². The van der Waals surface area contributed by atoms with Gasteiger partial charge < -0.3 is 9.47 Å². The van der Waals surface area contributed by atoms with Crippen LogP contribution in [0.1, 0.15) is 15.9 Å². The molecule has 21 heavy (non-hydrogen) atoms. The van der Waals surface area contributed by atoms with E-state index in [1.807, 2.05) is 0 Å². The summed E-state index contributed by atoms with van der Waals surface area (Å²) in [6, 6.07) is 6.53. The Hall–Kier alpha value is -1.95. The average molecular weight is 354 g/mol. The van der Waals surface area contributed by atoms with E-state index < -0.39 is 11.8 Å². The lowest BCUT2D eigenvalue weighted by Gasteiger charge is -2.10. The van der Waals surface area contributed by atoms with E-state index in [9.17, 15) is 9.18 Å². The second-order valence-electron chi connectivity index (χ2n) is 4.20. The fraction of sp³-hybridized carbons (Fsp3) is 0.200. The lowest BCUT2D eigenvalue weighted by atomic mass is 10.00. The van der Waals surface area contributed by atoms with E-state index in [0.29, 0.717) is 27.9 Å². The Balaban J connectivity index is 2.53. The highest BCUT2D eigenvalue weighted by atomic mass is 79.9. The molecule has 0 aliphatic rings. The van der Waals surface area contributed by atoms with Crippen LogP contribution >= 0.6 is 15.9 Å². The van der Waals surface area contributed by atoms with Gasteiger partial charge in [-0.25, -0.2) is 14.2 Å². The molecule has 0 radical (unpaired) electrons. The minimum absolute atomic E-state index is 0.323. The molecule has 0 fully saturated rings. The van der Waals surface area contributed by atoms with E-state index in [4.69, 9.17) is 9.47 Å². The van der Waals surface area contributed by atoms with Gasteiger partial charge in [0.1, 0.15) is 5.82 Å². The van der Waals surface area contributed by atoms with Crippen molar-refractivity contribution < 1.29 is 18.7 Å². The zero-order valence-electron chi connectivity index (χ0n) is 11.5. The van der Waals surface area contributed by atoms with Crippen molar-refractivity contribution in [2.24, 2.45) is 0 Å². The molecule has 6 heteroatoms. The van der Waals surface area contributed by atoms with Crippen LogP contribution in [0.2, 0.25) is 0 Å². The minimum Gasteiger partial charge on any atom is -0.481 e. The van der Waals surface area contributed by atoms with Crippen LogP contribution in [-0.4, -0.2) is 25.2 Å². The standard InChI is InChI=1S/C15H13BrFNO3/c1-20-14-6-12(13(17)8-18-14)9-3-4-11(15(19)21-2)10(5-9)7-16/h3-6,8H,7H2,1-2H3. The summed E-state index contributed by atoms with van der Waals surface area (Å²) in [5, 5.41) is 0.453. The van der Waals surface area contributed by atoms with Gasteiger partial charge in [-0.15, -0.1) is 0 Å². The number of nitrogens with zero attached hydrogens (tertiary/aromatic N) is 1. The van der Waals surface area contributed by atoms with Crippen molar-refractivity contribution in [3.05, 3.63) is 47.4 Å². The highest BCUT2D eigenvalue weighted by Crippen LogP contribution is 2.28. The summed E-state index contributed by atoms with van der Waals surface area (Å²) in [5.41, 5.74) is 2.16. The number of methoxy groups -OCH3 is 2. The van der Waals surface area contributed by atoms with Crippen LogP contribution in [0.3, 0.4) is 0 Å². The molecule has 1 aromatic carbocycles.